The van der Waals surface area contributed by atoms with Crippen molar-refractivity contribution in [2.75, 3.05) is 13.2 Å². The number of carbonyl (C=O) groups is 6. The summed E-state index contributed by atoms with van der Waals surface area (Å²) in [5.74, 6) is -3.07. The summed E-state index contributed by atoms with van der Waals surface area (Å²) in [5, 5.41) is 21.0. The summed E-state index contributed by atoms with van der Waals surface area (Å²) in [5.41, 5.74) is -2.10. The van der Waals surface area contributed by atoms with E-state index >= 15 is 0 Å². The summed E-state index contributed by atoms with van der Waals surface area (Å²) in [7, 11) is 0. The highest BCUT2D eigenvalue weighted by atomic mass is 16.5. The molecule has 7 atom stereocenters. The van der Waals surface area contributed by atoms with Crippen LogP contribution in [0.5, 0.6) is 0 Å². The number of carbonyl (C=O) groups excluding carboxylic acids is 5. The molecule has 5 aliphatic rings. The monoisotopic (exact) mass is 557 g/mol. The number of amides is 1. The first-order valence-corrected chi connectivity index (χ1v) is 14.5. The van der Waals surface area contributed by atoms with Crippen LogP contribution in [-0.2, 0) is 33.5 Å². The number of esters is 1. The molecule has 10 heteroatoms. The molecule has 0 bridgehead atoms. The van der Waals surface area contributed by atoms with Crippen LogP contribution in [0.25, 0.3) is 0 Å². The number of nitrogens with zero attached hydrogens (tertiary/aromatic N) is 1. The van der Waals surface area contributed by atoms with Crippen molar-refractivity contribution in [3.8, 4) is 0 Å². The van der Waals surface area contributed by atoms with Crippen LogP contribution in [0.3, 0.4) is 0 Å². The predicted octanol–water partition coefficient (Wildman–Crippen LogP) is 2.40. The van der Waals surface area contributed by atoms with Crippen molar-refractivity contribution in [3.05, 3.63) is 11.6 Å². The molecule has 5 rings (SSSR count). The molecular formula is C30H39NO9. The van der Waals surface area contributed by atoms with Gasteiger partial charge in [0.15, 0.2) is 12.4 Å². The molecule has 0 unspecified atom stereocenters. The second kappa shape index (κ2) is 10.2. The summed E-state index contributed by atoms with van der Waals surface area (Å²) in [4.78, 5) is 76.5. The smallest absolute Gasteiger partial charge is 0.326 e. The zero-order valence-electron chi connectivity index (χ0n) is 23.3. The fraction of sp³-hybridized carbons (Fsp3) is 0.733. The lowest BCUT2D eigenvalue weighted by molar-refractivity contribution is -0.174. The van der Waals surface area contributed by atoms with Crippen molar-refractivity contribution in [1.29, 1.82) is 0 Å². The maximum absolute atomic E-state index is 13.7. The van der Waals surface area contributed by atoms with Crippen LogP contribution < -0.4 is 0 Å². The molecule has 1 aliphatic heterocycles. The molecule has 4 aliphatic carbocycles. The Hall–Kier alpha value is -2.88. The minimum atomic E-state index is -1.81. The van der Waals surface area contributed by atoms with Crippen molar-refractivity contribution in [1.82, 2.24) is 4.90 Å². The Morgan fingerprint density at radius 1 is 1.05 bits per heavy atom. The molecule has 1 heterocycles. The molecule has 10 nitrogen and oxygen atoms in total. The first-order chi connectivity index (χ1) is 18.8. The maximum atomic E-state index is 13.7. The molecule has 0 spiro atoms. The third-order valence-electron chi connectivity index (χ3n) is 11.0. The number of Topliss-reactive ketones (excluding diaryl/α,β-unsaturated/α-hetero) is 2. The number of carboxylic acid groups (broad SMARTS) is 1. The van der Waals surface area contributed by atoms with Crippen molar-refractivity contribution in [3.63, 3.8) is 0 Å². The number of aliphatic carboxylic acids is 1. The molecule has 40 heavy (non-hydrogen) atoms. The van der Waals surface area contributed by atoms with E-state index in [0.717, 1.165) is 18.4 Å². The Bertz CT molecular complexity index is 1190. The highest BCUT2D eigenvalue weighted by Gasteiger charge is 2.68. The Balaban J connectivity index is 1.22. The number of ketones is 3. The SMILES string of the molecule is C[C@]12CCC(=O)C=C1CC[C@H]1[C@H]2C(=O)C[C@@]2(C)[C@@H]1CC[C@]2(O)C(=O)COC(=O)CCC(=O)N1CCC[C@H]1C(=O)O. The van der Waals surface area contributed by atoms with Gasteiger partial charge in [-0.25, -0.2) is 4.79 Å². The number of fused-ring (bicyclic) bond motifs is 5. The average Bonchev–Trinajstić information content (AvgIpc) is 3.50. The van der Waals surface area contributed by atoms with Crippen LogP contribution in [0.4, 0.5) is 0 Å². The van der Waals surface area contributed by atoms with E-state index in [-0.39, 0.29) is 60.4 Å². The van der Waals surface area contributed by atoms with E-state index < -0.39 is 47.3 Å². The van der Waals surface area contributed by atoms with E-state index in [2.05, 4.69) is 6.92 Å². The Kier molecular flexibility index (Phi) is 7.30. The van der Waals surface area contributed by atoms with Gasteiger partial charge in [-0.3, -0.25) is 24.0 Å². The van der Waals surface area contributed by atoms with Gasteiger partial charge in [-0.2, -0.15) is 0 Å². The Morgan fingerprint density at radius 3 is 2.52 bits per heavy atom. The summed E-state index contributed by atoms with van der Waals surface area (Å²) in [6.45, 7) is 3.57. The predicted molar refractivity (Wildman–Crippen MR) is 140 cm³/mol. The summed E-state index contributed by atoms with van der Waals surface area (Å²) >= 11 is 0. The van der Waals surface area contributed by atoms with E-state index in [9.17, 15) is 39.0 Å². The number of allylic oxidation sites excluding steroid dienone is 1. The lowest BCUT2D eigenvalue weighted by atomic mass is 9.46. The molecule has 0 radical (unpaired) electrons. The molecule has 218 valence electrons. The van der Waals surface area contributed by atoms with Gasteiger partial charge in [0.05, 0.1) is 6.42 Å². The van der Waals surface area contributed by atoms with Gasteiger partial charge in [-0.15, -0.1) is 0 Å². The number of carboxylic acids is 1. The first-order valence-electron chi connectivity index (χ1n) is 14.5. The Morgan fingerprint density at radius 2 is 1.80 bits per heavy atom. The maximum Gasteiger partial charge on any atom is 0.326 e. The molecule has 3 saturated carbocycles. The number of hydrogen-bond acceptors (Lipinski definition) is 8. The third-order valence-corrected chi connectivity index (χ3v) is 11.0. The third kappa shape index (κ3) is 4.43. The van der Waals surface area contributed by atoms with Crippen molar-refractivity contribution in [2.45, 2.75) is 96.1 Å². The van der Waals surface area contributed by atoms with Gasteiger partial charge in [-0.1, -0.05) is 19.4 Å². The van der Waals surface area contributed by atoms with Gasteiger partial charge in [0.1, 0.15) is 17.4 Å². The van der Waals surface area contributed by atoms with Gasteiger partial charge in [0, 0.05) is 37.1 Å². The molecular weight excluding hydrogens is 518 g/mol. The molecule has 2 N–H and O–H groups in total. The topological polar surface area (TPSA) is 155 Å². The van der Waals surface area contributed by atoms with E-state index in [0.29, 0.717) is 38.6 Å². The lowest BCUT2D eigenvalue weighted by Crippen LogP contribution is -2.61. The highest BCUT2D eigenvalue weighted by Crippen LogP contribution is 2.66. The van der Waals surface area contributed by atoms with E-state index in [1.165, 1.54) is 4.90 Å². The van der Waals surface area contributed by atoms with Crippen molar-refractivity contribution in [2.24, 2.45) is 28.6 Å². The summed E-state index contributed by atoms with van der Waals surface area (Å²) in [6, 6.07) is -0.886. The number of hydrogen-bond donors (Lipinski definition) is 2. The van der Waals surface area contributed by atoms with Crippen molar-refractivity contribution >= 4 is 35.2 Å². The number of ether oxygens (including phenoxy) is 1. The van der Waals surface area contributed by atoms with Crippen LogP contribution in [0.1, 0.15) is 84.5 Å². The van der Waals surface area contributed by atoms with Crippen LogP contribution in [0.15, 0.2) is 11.6 Å². The molecule has 0 aromatic carbocycles. The number of likely N-dealkylation sites (tertiary alicyclic amines) is 1. The van der Waals surface area contributed by atoms with Crippen LogP contribution in [0.2, 0.25) is 0 Å². The van der Waals surface area contributed by atoms with Gasteiger partial charge >= 0.3 is 11.9 Å². The van der Waals surface area contributed by atoms with Crippen LogP contribution in [-0.4, -0.2) is 75.1 Å². The van der Waals surface area contributed by atoms with Gasteiger partial charge in [-0.05, 0) is 68.3 Å². The Labute approximate surface area is 233 Å². The standard InChI is InChI=1S/C30H39NO9/c1-28-11-9-18(32)14-17(28)5-6-19-20-10-12-30(39,29(20,2)15-22(33)26(19)28)23(34)16-40-25(36)8-7-24(35)31-13-3-4-21(31)27(37)38/h14,19-21,26,39H,3-13,15-16H2,1-2H3,(H,37,38)/t19-,20-,21+,26+,28+,29+,30+/m1/s1. The summed E-state index contributed by atoms with van der Waals surface area (Å²) in [6.07, 6.45) is 5.53. The van der Waals surface area contributed by atoms with E-state index in [4.69, 9.17) is 4.74 Å². The largest absolute Gasteiger partial charge is 0.480 e. The molecule has 1 saturated heterocycles. The second-order valence-electron chi connectivity index (χ2n) is 13.0. The lowest BCUT2D eigenvalue weighted by Gasteiger charge is -2.57. The first kappa shape index (κ1) is 28.6. The normalized spacial score (nSPS) is 38.7. The number of aliphatic hydroxyl groups is 1. The average molecular weight is 558 g/mol. The molecule has 0 aromatic rings. The van der Waals surface area contributed by atoms with E-state index in [1.54, 1.807) is 6.08 Å². The minimum Gasteiger partial charge on any atom is -0.480 e. The zero-order valence-corrected chi connectivity index (χ0v) is 23.3. The fourth-order valence-electron chi connectivity index (χ4n) is 8.86. The summed E-state index contributed by atoms with van der Waals surface area (Å²) < 4.78 is 5.16. The van der Waals surface area contributed by atoms with Gasteiger partial charge in [0.2, 0.25) is 11.7 Å². The molecule has 0 aromatic heterocycles. The molecule has 1 amide bonds. The van der Waals surface area contributed by atoms with Crippen LogP contribution in [0, 0.1) is 28.6 Å². The molecule has 4 fully saturated rings. The zero-order chi connectivity index (χ0) is 29.0. The van der Waals surface area contributed by atoms with Gasteiger partial charge < -0.3 is 19.8 Å². The highest BCUT2D eigenvalue weighted by molar-refractivity contribution is 5.95. The quantitative estimate of drug-likeness (QED) is 0.449. The minimum absolute atomic E-state index is 0.0113. The van der Waals surface area contributed by atoms with Gasteiger partial charge in [0.25, 0.3) is 0 Å². The van der Waals surface area contributed by atoms with Crippen LogP contribution >= 0.6 is 0 Å². The van der Waals surface area contributed by atoms with E-state index in [1.807, 2.05) is 6.92 Å². The fourth-order valence-corrected chi connectivity index (χ4v) is 8.86. The number of rotatable bonds is 7. The second-order valence-corrected chi connectivity index (χ2v) is 13.0. The van der Waals surface area contributed by atoms with Crippen molar-refractivity contribution < 1.29 is 43.7 Å².